The first kappa shape index (κ1) is 9.06. The van der Waals surface area contributed by atoms with E-state index in [1.54, 1.807) is 0 Å². The van der Waals surface area contributed by atoms with Gasteiger partial charge < -0.3 is 9.88 Å². The van der Waals surface area contributed by atoms with E-state index in [0.29, 0.717) is 0 Å². The van der Waals surface area contributed by atoms with Crippen molar-refractivity contribution in [3.05, 3.63) is 30.5 Å². The van der Waals surface area contributed by atoms with Crippen molar-refractivity contribution in [2.24, 2.45) is 0 Å². The zero-order valence-corrected chi connectivity index (χ0v) is 8.83. The van der Waals surface area contributed by atoms with E-state index < -0.39 is 0 Å². The van der Waals surface area contributed by atoms with Crippen molar-refractivity contribution >= 4 is 11.8 Å². The zero-order valence-electron chi connectivity index (χ0n) is 8.83. The molecule has 1 aromatic heterocycles. The van der Waals surface area contributed by atoms with E-state index in [0.717, 1.165) is 17.1 Å². The highest BCUT2D eigenvalue weighted by Gasteiger charge is 2.21. The van der Waals surface area contributed by atoms with E-state index in [9.17, 15) is 0 Å². The van der Waals surface area contributed by atoms with Crippen LogP contribution < -0.4 is 5.32 Å². The molecular formula is C11H15N3. The number of hydrogen-bond acceptors (Lipinski definition) is 2. The van der Waals surface area contributed by atoms with Crippen LogP contribution in [0.25, 0.3) is 11.8 Å². The maximum absolute atomic E-state index is 4.35. The Bertz CT molecular complexity index is 405. The van der Waals surface area contributed by atoms with Crippen LogP contribution in [0.4, 0.5) is 0 Å². The molecule has 2 rings (SSSR count). The summed E-state index contributed by atoms with van der Waals surface area (Å²) in [6, 6.07) is 0. The van der Waals surface area contributed by atoms with Crippen LogP contribution >= 0.6 is 0 Å². The van der Waals surface area contributed by atoms with Gasteiger partial charge in [0.2, 0.25) is 0 Å². The second kappa shape index (κ2) is 2.74. The Morgan fingerprint density at radius 2 is 2.14 bits per heavy atom. The molecule has 0 amide bonds. The summed E-state index contributed by atoms with van der Waals surface area (Å²) in [7, 11) is 0. The highest BCUT2D eigenvalue weighted by Crippen LogP contribution is 2.25. The van der Waals surface area contributed by atoms with Gasteiger partial charge in [-0.15, -0.1) is 0 Å². The topological polar surface area (TPSA) is 29.9 Å². The lowest BCUT2D eigenvalue weighted by Crippen LogP contribution is -2.23. The predicted molar refractivity (Wildman–Crippen MR) is 58.4 cm³/mol. The minimum atomic E-state index is 0.0581. The normalized spacial score (nSPS) is 15.2. The summed E-state index contributed by atoms with van der Waals surface area (Å²) >= 11 is 0. The van der Waals surface area contributed by atoms with Gasteiger partial charge in [-0.1, -0.05) is 6.58 Å². The van der Waals surface area contributed by atoms with Gasteiger partial charge in [-0.3, -0.25) is 0 Å². The highest BCUT2D eigenvalue weighted by molar-refractivity contribution is 5.72. The van der Waals surface area contributed by atoms with Crippen LogP contribution in [0.2, 0.25) is 0 Å². The Kier molecular flexibility index (Phi) is 1.77. The lowest BCUT2D eigenvalue weighted by molar-refractivity contribution is 0.394. The SMILES string of the molecule is C=C1NC=Cc2c1ncn2C(C)(C)C. The molecule has 0 unspecified atom stereocenters. The molecule has 1 aromatic rings. The average Bonchev–Trinajstić information content (AvgIpc) is 2.47. The number of imidazole rings is 1. The summed E-state index contributed by atoms with van der Waals surface area (Å²) < 4.78 is 2.16. The van der Waals surface area contributed by atoms with Crippen LogP contribution in [0, 0.1) is 0 Å². The molecule has 2 heterocycles. The number of rotatable bonds is 0. The maximum Gasteiger partial charge on any atom is 0.111 e. The van der Waals surface area contributed by atoms with E-state index in [1.807, 2.05) is 18.6 Å². The summed E-state index contributed by atoms with van der Waals surface area (Å²) in [4.78, 5) is 4.35. The van der Waals surface area contributed by atoms with Crippen molar-refractivity contribution < 1.29 is 0 Å². The van der Waals surface area contributed by atoms with Crippen LogP contribution in [-0.4, -0.2) is 9.55 Å². The fourth-order valence-electron chi connectivity index (χ4n) is 1.57. The van der Waals surface area contributed by atoms with Crippen LogP contribution in [0.1, 0.15) is 32.2 Å². The molecule has 0 bridgehead atoms. The van der Waals surface area contributed by atoms with Gasteiger partial charge in [-0.2, -0.15) is 0 Å². The number of nitrogens with one attached hydrogen (secondary N) is 1. The van der Waals surface area contributed by atoms with Crippen LogP contribution in [0.15, 0.2) is 19.1 Å². The molecule has 3 heteroatoms. The Morgan fingerprint density at radius 1 is 1.43 bits per heavy atom. The first-order valence-corrected chi connectivity index (χ1v) is 4.70. The summed E-state index contributed by atoms with van der Waals surface area (Å²) in [5.41, 5.74) is 3.00. The molecule has 74 valence electrons. The van der Waals surface area contributed by atoms with Crippen molar-refractivity contribution in [1.29, 1.82) is 0 Å². The average molecular weight is 189 g/mol. The Labute approximate surface area is 84.2 Å². The fourth-order valence-corrected chi connectivity index (χ4v) is 1.57. The molecular weight excluding hydrogens is 174 g/mol. The second-order valence-corrected chi connectivity index (χ2v) is 4.48. The Morgan fingerprint density at radius 3 is 2.79 bits per heavy atom. The molecule has 14 heavy (non-hydrogen) atoms. The third kappa shape index (κ3) is 1.25. The molecule has 0 atom stereocenters. The first-order valence-electron chi connectivity index (χ1n) is 4.70. The smallest absolute Gasteiger partial charge is 0.111 e. The van der Waals surface area contributed by atoms with Gasteiger partial charge in [-0.05, 0) is 26.8 Å². The summed E-state index contributed by atoms with van der Waals surface area (Å²) in [5, 5.41) is 3.05. The van der Waals surface area contributed by atoms with Gasteiger partial charge in [0.25, 0.3) is 0 Å². The van der Waals surface area contributed by atoms with Crippen molar-refractivity contribution in [1.82, 2.24) is 14.9 Å². The molecule has 0 aromatic carbocycles. The molecule has 1 N–H and O–H groups in total. The summed E-state index contributed by atoms with van der Waals surface area (Å²) in [6.45, 7) is 10.4. The molecule has 0 saturated heterocycles. The van der Waals surface area contributed by atoms with Gasteiger partial charge in [0.15, 0.2) is 0 Å². The van der Waals surface area contributed by atoms with Crippen molar-refractivity contribution in [2.45, 2.75) is 26.3 Å². The van der Waals surface area contributed by atoms with E-state index in [-0.39, 0.29) is 5.54 Å². The van der Waals surface area contributed by atoms with Gasteiger partial charge in [0.05, 0.1) is 17.7 Å². The van der Waals surface area contributed by atoms with Gasteiger partial charge in [0, 0.05) is 11.7 Å². The molecule has 0 saturated carbocycles. The van der Waals surface area contributed by atoms with Gasteiger partial charge in [0.1, 0.15) is 5.69 Å². The third-order valence-corrected chi connectivity index (χ3v) is 2.31. The standard InChI is InChI=1S/C11H15N3/c1-8-10-9(5-6-12-8)14(7-13-10)11(2,3)4/h5-7,12H,1H2,2-4H3. The Hall–Kier alpha value is -1.51. The summed E-state index contributed by atoms with van der Waals surface area (Å²) in [5.74, 6) is 0. The molecule has 0 radical (unpaired) electrons. The molecule has 0 fully saturated rings. The molecule has 1 aliphatic heterocycles. The minimum absolute atomic E-state index is 0.0581. The quantitative estimate of drug-likeness (QED) is 0.678. The number of fused-ring (bicyclic) bond motifs is 1. The van der Waals surface area contributed by atoms with Gasteiger partial charge >= 0.3 is 0 Å². The van der Waals surface area contributed by atoms with E-state index in [2.05, 4.69) is 42.2 Å². The highest BCUT2D eigenvalue weighted by atomic mass is 15.1. The van der Waals surface area contributed by atoms with E-state index in [1.165, 1.54) is 0 Å². The van der Waals surface area contributed by atoms with Gasteiger partial charge in [-0.25, -0.2) is 4.98 Å². The Balaban J connectivity index is 2.59. The number of aromatic nitrogens is 2. The zero-order chi connectivity index (χ0) is 10.3. The van der Waals surface area contributed by atoms with Crippen molar-refractivity contribution in [3.8, 4) is 0 Å². The largest absolute Gasteiger partial charge is 0.360 e. The van der Waals surface area contributed by atoms with Crippen molar-refractivity contribution in [2.75, 3.05) is 0 Å². The van der Waals surface area contributed by atoms with Crippen LogP contribution in [-0.2, 0) is 5.54 Å². The van der Waals surface area contributed by atoms with Crippen molar-refractivity contribution in [3.63, 3.8) is 0 Å². The molecule has 0 spiro atoms. The lowest BCUT2D eigenvalue weighted by Gasteiger charge is -2.24. The predicted octanol–water partition coefficient (Wildman–Crippen LogP) is 2.18. The first-order chi connectivity index (χ1) is 6.50. The van der Waals surface area contributed by atoms with E-state index >= 15 is 0 Å². The summed E-state index contributed by atoms with van der Waals surface area (Å²) in [6.07, 6.45) is 5.80. The van der Waals surface area contributed by atoms with Crippen LogP contribution in [0.5, 0.6) is 0 Å². The second-order valence-electron chi connectivity index (χ2n) is 4.48. The molecule has 3 nitrogen and oxygen atoms in total. The minimum Gasteiger partial charge on any atom is -0.360 e. The number of hydrogen-bond donors (Lipinski definition) is 1. The maximum atomic E-state index is 4.35. The fraction of sp³-hybridized carbons (Fsp3) is 0.364. The number of nitrogens with zero attached hydrogens (tertiary/aromatic N) is 2. The third-order valence-electron chi connectivity index (χ3n) is 2.31. The molecule has 1 aliphatic rings. The van der Waals surface area contributed by atoms with Crippen LogP contribution in [0.3, 0.4) is 0 Å². The van der Waals surface area contributed by atoms with E-state index in [4.69, 9.17) is 0 Å². The lowest BCUT2D eigenvalue weighted by atomic mass is 10.1. The molecule has 0 aliphatic carbocycles. The monoisotopic (exact) mass is 189 g/mol.